The molecule has 0 atom stereocenters. The Bertz CT molecular complexity index is 204. The molecule has 0 bridgehead atoms. The second-order valence-corrected chi connectivity index (χ2v) is 3.60. The largest absolute Gasteiger partial charge is 0.469 e. The Morgan fingerprint density at radius 3 is 2.40 bits per heavy atom. The van der Waals surface area contributed by atoms with Crippen LogP contribution in [0, 0.1) is 0 Å². The van der Waals surface area contributed by atoms with Crippen LogP contribution in [0.4, 0.5) is 0 Å². The van der Waals surface area contributed by atoms with Gasteiger partial charge < -0.3 is 9.64 Å². The van der Waals surface area contributed by atoms with Crippen LogP contribution in [0.15, 0.2) is 0 Å². The van der Waals surface area contributed by atoms with Gasteiger partial charge in [0, 0.05) is 26.4 Å². The van der Waals surface area contributed by atoms with Gasteiger partial charge in [-0.05, 0) is 12.8 Å². The average Bonchev–Trinajstić information content (AvgIpc) is 2.25. The van der Waals surface area contributed by atoms with E-state index in [0.29, 0.717) is 25.8 Å². The summed E-state index contributed by atoms with van der Waals surface area (Å²) in [6, 6.07) is 0. The van der Waals surface area contributed by atoms with E-state index in [0.717, 1.165) is 12.8 Å². The predicted molar refractivity (Wildman–Crippen MR) is 58.4 cm³/mol. The van der Waals surface area contributed by atoms with E-state index < -0.39 is 0 Å². The topological polar surface area (TPSA) is 46.6 Å². The van der Waals surface area contributed by atoms with Crippen molar-refractivity contribution in [2.75, 3.05) is 20.7 Å². The molecule has 0 fully saturated rings. The number of carbonyl (C=O) groups is 2. The van der Waals surface area contributed by atoms with Gasteiger partial charge in [-0.25, -0.2) is 0 Å². The molecule has 0 rings (SSSR count). The Balaban J connectivity index is 3.59. The molecule has 0 spiro atoms. The number of rotatable bonds is 7. The zero-order valence-electron chi connectivity index (χ0n) is 9.91. The zero-order valence-corrected chi connectivity index (χ0v) is 9.91. The van der Waals surface area contributed by atoms with E-state index in [1.165, 1.54) is 7.11 Å². The minimum absolute atomic E-state index is 0.154. The first-order valence-electron chi connectivity index (χ1n) is 5.42. The summed E-state index contributed by atoms with van der Waals surface area (Å²) in [5, 5.41) is 0. The SMILES string of the molecule is CCCCC(=O)N(C)CCCC(=O)OC. The Hall–Kier alpha value is -1.06. The molecule has 0 aliphatic rings. The molecular formula is C11H21NO3. The second kappa shape index (κ2) is 8.26. The van der Waals surface area contributed by atoms with Crippen LogP contribution >= 0.6 is 0 Å². The highest BCUT2D eigenvalue weighted by atomic mass is 16.5. The molecule has 4 heteroatoms. The molecule has 0 N–H and O–H groups in total. The van der Waals surface area contributed by atoms with Gasteiger partial charge in [0.1, 0.15) is 0 Å². The second-order valence-electron chi connectivity index (χ2n) is 3.60. The molecule has 4 nitrogen and oxygen atoms in total. The molecule has 15 heavy (non-hydrogen) atoms. The van der Waals surface area contributed by atoms with Crippen molar-refractivity contribution in [3.63, 3.8) is 0 Å². The molecule has 0 heterocycles. The molecule has 0 saturated heterocycles. The van der Waals surface area contributed by atoms with Gasteiger partial charge in [0.05, 0.1) is 7.11 Å². The fraction of sp³-hybridized carbons (Fsp3) is 0.818. The maximum absolute atomic E-state index is 11.5. The van der Waals surface area contributed by atoms with Gasteiger partial charge in [-0.1, -0.05) is 13.3 Å². The molecule has 0 aromatic heterocycles. The van der Waals surface area contributed by atoms with Crippen LogP contribution in [0.2, 0.25) is 0 Å². The number of methoxy groups -OCH3 is 1. The lowest BCUT2D eigenvalue weighted by Crippen LogP contribution is -2.27. The van der Waals surface area contributed by atoms with Gasteiger partial charge in [0.2, 0.25) is 5.91 Å². The first kappa shape index (κ1) is 13.9. The van der Waals surface area contributed by atoms with Crippen molar-refractivity contribution in [2.24, 2.45) is 0 Å². The Morgan fingerprint density at radius 1 is 1.20 bits per heavy atom. The molecule has 0 radical (unpaired) electrons. The number of nitrogens with zero attached hydrogens (tertiary/aromatic N) is 1. The van der Waals surface area contributed by atoms with Crippen molar-refractivity contribution >= 4 is 11.9 Å². The van der Waals surface area contributed by atoms with Crippen molar-refractivity contribution in [3.05, 3.63) is 0 Å². The third-order valence-corrected chi connectivity index (χ3v) is 2.27. The smallest absolute Gasteiger partial charge is 0.305 e. The van der Waals surface area contributed by atoms with Gasteiger partial charge in [-0.2, -0.15) is 0 Å². The van der Waals surface area contributed by atoms with Crippen molar-refractivity contribution < 1.29 is 14.3 Å². The summed E-state index contributed by atoms with van der Waals surface area (Å²) in [6.07, 6.45) is 3.61. The molecule has 0 aromatic rings. The minimum Gasteiger partial charge on any atom is -0.469 e. The first-order chi connectivity index (χ1) is 7.11. The fourth-order valence-electron chi connectivity index (χ4n) is 1.21. The van der Waals surface area contributed by atoms with Crippen LogP contribution in [0.25, 0.3) is 0 Å². The van der Waals surface area contributed by atoms with Crippen LogP contribution in [-0.2, 0) is 14.3 Å². The number of carbonyl (C=O) groups excluding carboxylic acids is 2. The minimum atomic E-state index is -0.218. The summed E-state index contributed by atoms with van der Waals surface area (Å²) in [7, 11) is 3.15. The highest BCUT2D eigenvalue weighted by Gasteiger charge is 2.08. The zero-order chi connectivity index (χ0) is 11.7. The van der Waals surface area contributed by atoms with E-state index in [-0.39, 0.29) is 11.9 Å². The van der Waals surface area contributed by atoms with Crippen LogP contribution < -0.4 is 0 Å². The summed E-state index contributed by atoms with van der Waals surface area (Å²) in [5.74, 6) is -0.0638. The number of unbranched alkanes of at least 4 members (excludes halogenated alkanes) is 1. The van der Waals surface area contributed by atoms with Crippen molar-refractivity contribution in [1.82, 2.24) is 4.90 Å². The number of hydrogen-bond acceptors (Lipinski definition) is 3. The highest BCUT2D eigenvalue weighted by molar-refractivity contribution is 5.75. The number of ether oxygens (including phenoxy) is 1. The van der Waals surface area contributed by atoms with E-state index in [2.05, 4.69) is 11.7 Å². The number of hydrogen-bond donors (Lipinski definition) is 0. The van der Waals surface area contributed by atoms with E-state index >= 15 is 0 Å². The van der Waals surface area contributed by atoms with Crippen LogP contribution in [0.3, 0.4) is 0 Å². The first-order valence-corrected chi connectivity index (χ1v) is 5.42. The van der Waals surface area contributed by atoms with E-state index in [4.69, 9.17) is 0 Å². The molecule has 0 unspecified atom stereocenters. The fourth-order valence-corrected chi connectivity index (χ4v) is 1.21. The molecule has 0 aromatic carbocycles. The van der Waals surface area contributed by atoms with E-state index in [1.807, 2.05) is 0 Å². The standard InChI is InChI=1S/C11H21NO3/c1-4-5-7-10(13)12(2)9-6-8-11(14)15-3/h4-9H2,1-3H3. The monoisotopic (exact) mass is 215 g/mol. The van der Waals surface area contributed by atoms with Gasteiger partial charge in [0.25, 0.3) is 0 Å². The Kier molecular flexibility index (Phi) is 7.68. The van der Waals surface area contributed by atoms with Crippen molar-refractivity contribution in [1.29, 1.82) is 0 Å². The predicted octanol–water partition coefficient (Wildman–Crippen LogP) is 1.59. The van der Waals surface area contributed by atoms with Gasteiger partial charge in [-0.15, -0.1) is 0 Å². The highest BCUT2D eigenvalue weighted by Crippen LogP contribution is 2.01. The molecule has 88 valence electrons. The van der Waals surface area contributed by atoms with Crippen LogP contribution in [0.1, 0.15) is 39.0 Å². The number of esters is 1. The molecule has 0 aliphatic carbocycles. The van der Waals surface area contributed by atoms with Gasteiger partial charge >= 0.3 is 5.97 Å². The summed E-state index contributed by atoms with van der Waals surface area (Å²) in [6.45, 7) is 2.68. The quantitative estimate of drug-likeness (QED) is 0.606. The normalized spacial score (nSPS) is 9.80. The Labute approximate surface area is 91.6 Å². The summed E-state index contributed by atoms with van der Waals surface area (Å²) in [5.41, 5.74) is 0. The van der Waals surface area contributed by atoms with E-state index in [1.54, 1.807) is 11.9 Å². The van der Waals surface area contributed by atoms with Crippen LogP contribution in [-0.4, -0.2) is 37.5 Å². The summed E-state index contributed by atoms with van der Waals surface area (Å²) < 4.78 is 4.52. The number of amides is 1. The summed E-state index contributed by atoms with van der Waals surface area (Å²) in [4.78, 5) is 23.9. The average molecular weight is 215 g/mol. The molecule has 0 aliphatic heterocycles. The molecular weight excluding hydrogens is 194 g/mol. The third-order valence-electron chi connectivity index (χ3n) is 2.27. The maximum atomic E-state index is 11.5. The molecule has 1 amide bonds. The Morgan fingerprint density at radius 2 is 1.87 bits per heavy atom. The van der Waals surface area contributed by atoms with Gasteiger partial charge in [0.15, 0.2) is 0 Å². The molecule has 0 saturated carbocycles. The maximum Gasteiger partial charge on any atom is 0.305 e. The van der Waals surface area contributed by atoms with E-state index in [9.17, 15) is 9.59 Å². The lowest BCUT2D eigenvalue weighted by atomic mass is 10.2. The van der Waals surface area contributed by atoms with Crippen molar-refractivity contribution in [2.45, 2.75) is 39.0 Å². The lowest BCUT2D eigenvalue weighted by Gasteiger charge is -2.16. The summed E-state index contributed by atoms with van der Waals surface area (Å²) >= 11 is 0. The third kappa shape index (κ3) is 6.94. The van der Waals surface area contributed by atoms with Gasteiger partial charge in [-0.3, -0.25) is 9.59 Å². The lowest BCUT2D eigenvalue weighted by molar-refractivity contribution is -0.141. The van der Waals surface area contributed by atoms with Crippen LogP contribution in [0.5, 0.6) is 0 Å². The van der Waals surface area contributed by atoms with Crippen molar-refractivity contribution in [3.8, 4) is 0 Å².